The van der Waals surface area contributed by atoms with E-state index in [1.807, 2.05) is 0 Å². The van der Waals surface area contributed by atoms with E-state index >= 15 is 0 Å². The van der Waals surface area contributed by atoms with Crippen LogP contribution in [-0.4, -0.2) is 102 Å². The highest BCUT2D eigenvalue weighted by molar-refractivity contribution is 7.80. The number of carbonyl (C=O) groups excluding carboxylic acids is 3. The number of carbonyl (C=O) groups is 8. The Kier molecular flexibility index (Phi) is 21.9. The van der Waals surface area contributed by atoms with Gasteiger partial charge in [-0.3, -0.25) is 24.0 Å². The molecule has 4 rings (SSSR count). The molecule has 0 bridgehead atoms. The van der Waals surface area contributed by atoms with Crippen LogP contribution in [0, 0.1) is 5.92 Å². The van der Waals surface area contributed by atoms with Gasteiger partial charge in [0.1, 0.15) is 35.0 Å². The summed E-state index contributed by atoms with van der Waals surface area (Å²) in [4.78, 5) is 108. The second-order valence-electron chi connectivity index (χ2n) is 17.2. The van der Waals surface area contributed by atoms with E-state index in [1.165, 1.54) is 24.3 Å². The van der Waals surface area contributed by atoms with Crippen molar-refractivity contribution in [3.05, 3.63) is 75.9 Å². The normalized spacial score (nSPS) is 12.4. The number of aliphatic carboxylic acids is 4. The van der Waals surface area contributed by atoms with E-state index < -0.39 is 60.3 Å². The predicted molar refractivity (Wildman–Crippen MR) is 259 cm³/mol. The summed E-state index contributed by atoms with van der Waals surface area (Å²) in [7, 11) is 0. The van der Waals surface area contributed by atoms with Gasteiger partial charge in [0.15, 0.2) is 5.43 Å². The van der Waals surface area contributed by atoms with Crippen molar-refractivity contribution in [2.24, 2.45) is 5.92 Å². The molecule has 9 N–H and O–H groups in total. The third-order valence-electron chi connectivity index (χ3n) is 11.7. The lowest BCUT2D eigenvalue weighted by molar-refractivity contribution is -0.144. The molecule has 0 aromatic heterocycles. The zero-order chi connectivity index (χ0) is 51.3. The molecule has 0 fully saturated rings. The van der Waals surface area contributed by atoms with Gasteiger partial charge in [0.05, 0.1) is 11.5 Å². The number of nitrogens with one attached hydrogen (secondary N) is 3. The first-order valence-electron chi connectivity index (χ1n) is 23.2. The van der Waals surface area contributed by atoms with Crippen molar-refractivity contribution in [1.29, 1.82) is 0 Å². The summed E-state index contributed by atoms with van der Waals surface area (Å²) in [6, 6.07) is 9.95. The fraction of sp³-hybridized carbons (Fsp3) is 0.440. The summed E-state index contributed by atoms with van der Waals surface area (Å²) < 4.78 is 5.90. The largest absolute Gasteiger partial charge is 0.508 e. The molecule has 20 heteroatoms. The second kappa shape index (κ2) is 27.7. The molecule has 1 aliphatic heterocycles. The van der Waals surface area contributed by atoms with Gasteiger partial charge >= 0.3 is 35.9 Å². The van der Waals surface area contributed by atoms with Gasteiger partial charge in [-0.15, -0.1) is 0 Å². The van der Waals surface area contributed by atoms with Crippen molar-refractivity contribution in [2.75, 3.05) is 6.54 Å². The molecule has 70 heavy (non-hydrogen) atoms. The molecule has 3 atom stereocenters. The molecule has 0 saturated carbocycles. The number of Topliss-reactive ketones (excluding diaryl/α,β-unsaturated/α-hetero) is 1. The smallest absolute Gasteiger partial charge is 0.336 e. The van der Waals surface area contributed by atoms with E-state index in [4.69, 9.17) is 21.7 Å². The molecular formula is C50H59N3O16S. The molecule has 2 aliphatic rings. The van der Waals surface area contributed by atoms with Crippen LogP contribution >= 0.6 is 12.2 Å². The number of thiocarbonyl (C=S) groups is 1. The number of rotatable bonds is 32. The van der Waals surface area contributed by atoms with Crippen LogP contribution in [0.1, 0.15) is 125 Å². The maximum absolute atomic E-state index is 12.7. The first-order valence-corrected chi connectivity index (χ1v) is 23.6. The van der Waals surface area contributed by atoms with E-state index in [1.54, 1.807) is 30.3 Å². The number of benzene rings is 3. The van der Waals surface area contributed by atoms with Crippen LogP contribution in [0.5, 0.6) is 5.75 Å². The van der Waals surface area contributed by atoms with Crippen LogP contribution in [0.25, 0.3) is 33.4 Å². The van der Waals surface area contributed by atoms with Gasteiger partial charge < -0.3 is 51.0 Å². The van der Waals surface area contributed by atoms with Crippen LogP contribution in [0.4, 0.5) is 4.79 Å². The maximum atomic E-state index is 12.7. The van der Waals surface area contributed by atoms with E-state index in [0.717, 1.165) is 0 Å². The van der Waals surface area contributed by atoms with Crippen LogP contribution in [0.3, 0.4) is 0 Å². The number of hydrogen-bond donors (Lipinski definition) is 9. The van der Waals surface area contributed by atoms with Crippen molar-refractivity contribution in [2.45, 2.75) is 128 Å². The van der Waals surface area contributed by atoms with E-state index in [9.17, 15) is 68.7 Å². The van der Waals surface area contributed by atoms with Gasteiger partial charge in [0.2, 0.25) is 5.91 Å². The number of phenolic OH excluding ortho intramolecular Hbond substituents is 1. The second-order valence-corrected chi connectivity index (χ2v) is 17.8. The van der Waals surface area contributed by atoms with Crippen molar-refractivity contribution in [3.63, 3.8) is 0 Å². The van der Waals surface area contributed by atoms with Gasteiger partial charge in [0.25, 0.3) is 0 Å². The number of aromatic hydroxyl groups is 1. The first-order chi connectivity index (χ1) is 33.3. The Hall–Kier alpha value is -7.22. The minimum Gasteiger partial charge on any atom is -0.508 e. The highest BCUT2D eigenvalue weighted by atomic mass is 32.1. The molecule has 0 saturated heterocycles. The number of aromatic carboxylic acids is 1. The summed E-state index contributed by atoms with van der Waals surface area (Å²) in [5.74, 6) is -7.21. The van der Waals surface area contributed by atoms with E-state index in [-0.39, 0.29) is 78.4 Å². The van der Waals surface area contributed by atoms with Gasteiger partial charge in [-0.25, -0.2) is 19.2 Å². The summed E-state index contributed by atoms with van der Waals surface area (Å²) in [5.41, 5.74) is 2.20. The maximum Gasteiger partial charge on any atom is 0.336 e. The lowest BCUT2D eigenvalue weighted by atomic mass is 9.89. The van der Waals surface area contributed by atoms with Crippen LogP contribution in [0.15, 0.2) is 63.8 Å². The van der Waals surface area contributed by atoms with E-state index in [2.05, 4.69) is 16.0 Å². The number of urea groups is 1. The number of amides is 3. The molecule has 1 unspecified atom stereocenters. The lowest BCUT2D eigenvalue weighted by Crippen LogP contribution is -2.51. The first kappa shape index (κ1) is 55.4. The van der Waals surface area contributed by atoms with Crippen molar-refractivity contribution in [1.82, 2.24) is 16.0 Å². The highest BCUT2D eigenvalue weighted by Gasteiger charge is 2.26. The molecule has 2 aromatic carbocycles. The monoisotopic (exact) mass is 989 g/mol. The summed E-state index contributed by atoms with van der Waals surface area (Å²) >= 11 is 5.65. The van der Waals surface area contributed by atoms with Gasteiger partial charge in [-0.2, -0.15) is 0 Å². The van der Waals surface area contributed by atoms with Crippen LogP contribution < -0.4 is 21.4 Å². The Bertz CT molecular complexity index is 2570. The molecular weight excluding hydrogens is 931 g/mol. The minimum atomic E-state index is -1.51. The van der Waals surface area contributed by atoms with Crippen LogP contribution in [0.2, 0.25) is 0 Å². The van der Waals surface area contributed by atoms with Crippen molar-refractivity contribution in [3.8, 4) is 28.2 Å². The molecule has 0 radical (unpaired) electrons. The Labute approximate surface area is 408 Å². The zero-order valence-electron chi connectivity index (χ0n) is 38.5. The third kappa shape index (κ3) is 18.0. The average molecular weight is 990 g/mol. The fourth-order valence-electron chi connectivity index (χ4n) is 8.03. The number of fused-ring (bicyclic) bond motifs is 2. The standard InChI is InChI=1S/C50H59N3O16S/c54-31(11-5-1-2-7-14-43(57)51-23-9-8-13-39(48(64)65)52-50(68)53-40(49(66)67)21-22-44(58)59)26-30(46(60)61)10-4-3-6-12-34(70)24-29-15-18-35(38(25-29)47(62)63)45-36-19-16-32(55)27-41(36)69-42-28-33(56)17-20-37(42)45/h15-20,25,27-28,30,39-40,55H,1-14,21-24,26H2,(H,51,57)(H,58,59)(H,60,61)(H,62,63)(H,64,65)(H,66,67)(H2,52,53,68)/t30?,39-,40-/m0/s1. The Balaban J connectivity index is 1.10. The predicted octanol–water partition coefficient (Wildman–Crippen LogP) is 7.19. The number of carboxylic acids is 5. The highest BCUT2D eigenvalue weighted by Crippen LogP contribution is 2.42. The quantitative estimate of drug-likeness (QED) is 0.0133. The van der Waals surface area contributed by atoms with Gasteiger partial charge in [-0.05, 0) is 104 Å². The van der Waals surface area contributed by atoms with E-state index in [0.29, 0.717) is 110 Å². The summed E-state index contributed by atoms with van der Waals surface area (Å²) in [6.45, 7) is 0.263. The number of unbranched alkanes of at least 4 members (excludes halogenated alkanes) is 6. The zero-order valence-corrected chi connectivity index (χ0v) is 39.4. The van der Waals surface area contributed by atoms with Crippen molar-refractivity contribution >= 4 is 75.6 Å². The Morgan fingerprint density at radius 3 is 1.94 bits per heavy atom. The number of hydrogen-bond acceptors (Lipinski definition) is 12. The average Bonchev–Trinajstić information content (AvgIpc) is 3.29. The van der Waals surface area contributed by atoms with Gasteiger partial charge in [-0.1, -0.05) is 50.0 Å². The molecule has 3 amide bonds. The third-order valence-corrected chi connectivity index (χ3v) is 12.0. The fourth-order valence-corrected chi connectivity index (χ4v) is 8.34. The Morgan fingerprint density at radius 1 is 0.629 bits per heavy atom. The lowest BCUT2D eigenvalue weighted by Gasteiger charge is -2.18. The molecule has 1 aliphatic carbocycles. The molecule has 0 spiro atoms. The van der Waals surface area contributed by atoms with Gasteiger partial charge in [0, 0.05) is 67.3 Å². The summed E-state index contributed by atoms with van der Waals surface area (Å²) in [6.07, 6.45) is 5.92. The van der Waals surface area contributed by atoms with Crippen molar-refractivity contribution < 1.29 is 73.4 Å². The molecule has 2 aromatic rings. The topological polar surface area (TPSA) is 324 Å². The summed E-state index contributed by atoms with van der Waals surface area (Å²) in [5, 5.41) is 65.1. The Morgan fingerprint density at radius 2 is 1.27 bits per heavy atom. The minimum absolute atomic E-state index is 0.000128. The van der Waals surface area contributed by atoms with Crippen LogP contribution in [-0.2, 0) is 35.2 Å². The number of phenols is 1. The number of ketones is 1. The number of carboxylic acid groups (broad SMARTS) is 5. The molecule has 19 nitrogen and oxygen atoms in total. The SMILES string of the molecule is O=C(O)CC[C@H](NC(=O)N[C@@H](CCCCNC(=O)CCCCCCC(=O)CC(CCCCCC(=S)Cc1ccc(-c2c3ccc(=O)cc-3oc3cc(O)ccc23)c(C(=O)O)c1)C(=O)O)C(=O)O)C(=O)O. The molecule has 376 valence electrons. The molecule has 1 heterocycles.